The number of ether oxygens (including phenoxy) is 1. The molecule has 0 aromatic carbocycles. The Bertz CT molecular complexity index is 395. The lowest BCUT2D eigenvalue weighted by Gasteiger charge is -2.23. The molecule has 0 fully saturated rings. The van der Waals surface area contributed by atoms with Gasteiger partial charge in [0.05, 0.1) is 18.7 Å². The average Bonchev–Trinajstić information content (AvgIpc) is 2.67. The smallest absolute Gasteiger partial charge is 0.354 e. The Morgan fingerprint density at radius 3 is 3.00 bits per heavy atom. The fourth-order valence-corrected chi connectivity index (χ4v) is 1.83. The van der Waals surface area contributed by atoms with Crippen molar-refractivity contribution in [1.29, 1.82) is 0 Å². The predicted molar refractivity (Wildman–Crippen MR) is 56.4 cm³/mol. The largest absolute Gasteiger partial charge is 0.464 e. The quantitative estimate of drug-likeness (QED) is 0.643. The molecule has 15 heavy (non-hydrogen) atoms. The second-order valence-electron chi connectivity index (χ2n) is 3.72. The molecule has 0 aliphatic carbocycles. The number of rotatable bonds is 1. The van der Waals surface area contributed by atoms with Crippen LogP contribution in [-0.2, 0) is 9.53 Å². The van der Waals surface area contributed by atoms with Crippen LogP contribution in [0.25, 0.3) is 0 Å². The number of methoxy groups -OCH3 is 1. The minimum Gasteiger partial charge on any atom is -0.464 e. The van der Waals surface area contributed by atoms with Gasteiger partial charge in [0, 0.05) is 17.8 Å². The highest BCUT2D eigenvalue weighted by Gasteiger charge is 2.38. The normalized spacial score (nSPS) is 28.3. The Morgan fingerprint density at radius 1 is 1.60 bits per heavy atom. The van der Waals surface area contributed by atoms with Gasteiger partial charge in [-0.3, -0.25) is 10.4 Å². The number of nitrogens with one attached hydrogen (secondary N) is 1. The molecule has 5 heteroatoms. The minimum atomic E-state index is -0.377. The number of aliphatic imine (C=N–C) groups is 1. The number of hydrazone groups is 1. The Morgan fingerprint density at radius 2 is 2.33 bits per heavy atom. The Balaban J connectivity index is 2.31. The predicted octanol–water partition coefficient (Wildman–Crippen LogP) is 0.687. The van der Waals surface area contributed by atoms with Gasteiger partial charge in [-0.15, -0.1) is 0 Å². The molecule has 2 aliphatic rings. The number of nitrogens with zero attached hydrogens (tertiary/aromatic N) is 2. The van der Waals surface area contributed by atoms with Gasteiger partial charge in [-0.2, -0.15) is 5.10 Å². The molecule has 1 N–H and O–H groups in total. The zero-order chi connectivity index (χ0) is 11.0. The molecule has 2 unspecified atom stereocenters. The fourth-order valence-electron chi connectivity index (χ4n) is 1.83. The highest BCUT2D eigenvalue weighted by atomic mass is 16.5. The number of carbonyl (C=O) groups is 1. The van der Waals surface area contributed by atoms with E-state index in [0.29, 0.717) is 5.71 Å². The van der Waals surface area contributed by atoms with Gasteiger partial charge >= 0.3 is 5.97 Å². The molecule has 2 heterocycles. The first kappa shape index (κ1) is 9.89. The third-order valence-corrected chi connectivity index (χ3v) is 2.90. The van der Waals surface area contributed by atoms with E-state index < -0.39 is 0 Å². The number of esters is 1. The van der Waals surface area contributed by atoms with E-state index in [4.69, 9.17) is 0 Å². The van der Waals surface area contributed by atoms with Crippen LogP contribution in [0.4, 0.5) is 0 Å². The van der Waals surface area contributed by atoms with Crippen LogP contribution < -0.4 is 5.43 Å². The van der Waals surface area contributed by atoms with Crippen LogP contribution >= 0.6 is 0 Å². The molecular formula is C10H13N3O2. The van der Waals surface area contributed by atoms with E-state index >= 15 is 0 Å². The number of carbonyl (C=O) groups excluding carboxylic acids is 1. The van der Waals surface area contributed by atoms with Crippen molar-refractivity contribution < 1.29 is 9.53 Å². The molecule has 0 saturated heterocycles. The molecule has 0 aromatic heterocycles. The highest BCUT2D eigenvalue weighted by molar-refractivity contribution is 6.39. The maximum Gasteiger partial charge on any atom is 0.354 e. The van der Waals surface area contributed by atoms with Crippen molar-refractivity contribution in [2.75, 3.05) is 7.11 Å². The fraction of sp³-hybridized carbons (Fsp3) is 0.500. The number of allylic oxidation sites excluding steroid dienone is 1. The van der Waals surface area contributed by atoms with Crippen LogP contribution in [0.5, 0.6) is 0 Å². The van der Waals surface area contributed by atoms with E-state index in [9.17, 15) is 4.79 Å². The summed E-state index contributed by atoms with van der Waals surface area (Å²) in [5, 5.41) is 3.99. The third kappa shape index (κ3) is 1.44. The first-order valence-corrected chi connectivity index (χ1v) is 4.81. The number of hydrogen-bond acceptors (Lipinski definition) is 5. The van der Waals surface area contributed by atoms with Crippen molar-refractivity contribution in [3.63, 3.8) is 0 Å². The summed E-state index contributed by atoms with van der Waals surface area (Å²) in [6.45, 7) is 3.98. The van der Waals surface area contributed by atoms with E-state index in [1.165, 1.54) is 7.11 Å². The molecule has 2 rings (SSSR count). The summed E-state index contributed by atoms with van der Waals surface area (Å²) in [6.07, 6.45) is 1.72. The van der Waals surface area contributed by atoms with Gasteiger partial charge in [0.15, 0.2) is 5.71 Å². The first-order chi connectivity index (χ1) is 7.15. The summed E-state index contributed by atoms with van der Waals surface area (Å²) < 4.78 is 4.69. The molecule has 0 saturated carbocycles. The molecule has 0 spiro atoms. The Hall–Kier alpha value is -1.65. The number of fused-ring (bicyclic) bond motifs is 1. The van der Waals surface area contributed by atoms with Crippen molar-refractivity contribution in [2.45, 2.75) is 13.8 Å². The molecule has 0 radical (unpaired) electrons. The molecule has 2 atom stereocenters. The minimum absolute atomic E-state index is 0.0325. The van der Waals surface area contributed by atoms with Crippen LogP contribution in [-0.4, -0.2) is 24.5 Å². The summed E-state index contributed by atoms with van der Waals surface area (Å²) >= 11 is 0. The van der Waals surface area contributed by atoms with Gasteiger partial charge in [0.2, 0.25) is 0 Å². The summed E-state index contributed by atoms with van der Waals surface area (Å²) in [7, 11) is 1.36. The summed E-state index contributed by atoms with van der Waals surface area (Å²) in [5.74, 6) is -0.231. The molecule has 80 valence electrons. The zero-order valence-corrected chi connectivity index (χ0v) is 8.94. The van der Waals surface area contributed by atoms with Crippen LogP contribution in [0.15, 0.2) is 22.0 Å². The summed E-state index contributed by atoms with van der Waals surface area (Å²) in [6, 6.07) is 0. The van der Waals surface area contributed by atoms with E-state index in [-0.39, 0.29) is 17.8 Å². The van der Waals surface area contributed by atoms with Gasteiger partial charge < -0.3 is 4.74 Å². The van der Waals surface area contributed by atoms with Crippen molar-refractivity contribution in [2.24, 2.45) is 21.9 Å². The van der Waals surface area contributed by atoms with Gasteiger partial charge in [0.25, 0.3) is 0 Å². The first-order valence-electron chi connectivity index (χ1n) is 4.81. The van der Waals surface area contributed by atoms with Gasteiger partial charge in [0.1, 0.15) is 0 Å². The second-order valence-corrected chi connectivity index (χ2v) is 3.72. The maximum absolute atomic E-state index is 11.5. The monoisotopic (exact) mass is 207 g/mol. The molecule has 5 nitrogen and oxygen atoms in total. The molecule has 0 amide bonds. The maximum atomic E-state index is 11.5. The zero-order valence-electron chi connectivity index (χ0n) is 8.94. The molecule has 2 aliphatic heterocycles. The SMILES string of the molecule is COC(=O)C1=NNC2=CN=C(C)C(C)C21. The standard InChI is InChI=1S/C10H13N3O2/c1-5-6(2)11-4-7-8(5)9(13-12-7)10(14)15-3/h4-5,8,12H,1-3H3. The topological polar surface area (TPSA) is 63.0 Å². The van der Waals surface area contributed by atoms with E-state index in [1.807, 2.05) is 13.8 Å². The lowest BCUT2D eigenvalue weighted by atomic mass is 9.83. The van der Waals surface area contributed by atoms with Crippen molar-refractivity contribution in [1.82, 2.24) is 5.43 Å². The van der Waals surface area contributed by atoms with Gasteiger partial charge in [-0.1, -0.05) is 6.92 Å². The van der Waals surface area contributed by atoms with Crippen molar-refractivity contribution >= 4 is 17.4 Å². The van der Waals surface area contributed by atoms with Crippen LogP contribution in [0.3, 0.4) is 0 Å². The van der Waals surface area contributed by atoms with Crippen molar-refractivity contribution in [3.05, 3.63) is 11.9 Å². The van der Waals surface area contributed by atoms with Crippen LogP contribution in [0.2, 0.25) is 0 Å². The van der Waals surface area contributed by atoms with Crippen LogP contribution in [0, 0.1) is 11.8 Å². The van der Waals surface area contributed by atoms with E-state index in [1.54, 1.807) is 6.20 Å². The Labute approximate surface area is 87.9 Å². The molecular weight excluding hydrogens is 194 g/mol. The average molecular weight is 207 g/mol. The molecule has 0 aromatic rings. The van der Waals surface area contributed by atoms with Gasteiger partial charge in [-0.25, -0.2) is 4.79 Å². The third-order valence-electron chi connectivity index (χ3n) is 2.90. The highest BCUT2D eigenvalue weighted by Crippen LogP contribution is 2.30. The summed E-state index contributed by atoms with van der Waals surface area (Å²) in [5.41, 5.74) is 5.12. The van der Waals surface area contributed by atoms with Crippen LogP contribution in [0.1, 0.15) is 13.8 Å². The second kappa shape index (κ2) is 3.49. The van der Waals surface area contributed by atoms with E-state index in [0.717, 1.165) is 11.4 Å². The lowest BCUT2D eigenvalue weighted by Crippen LogP contribution is -2.33. The van der Waals surface area contributed by atoms with Gasteiger partial charge in [-0.05, 0) is 6.92 Å². The Kier molecular flexibility index (Phi) is 2.30. The molecule has 0 bridgehead atoms. The summed E-state index contributed by atoms with van der Waals surface area (Å²) in [4.78, 5) is 15.7. The van der Waals surface area contributed by atoms with E-state index in [2.05, 4.69) is 20.3 Å². The van der Waals surface area contributed by atoms with Crippen molar-refractivity contribution in [3.8, 4) is 0 Å². The lowest BCUT2D eigenvalue weighted by molar-refractivity contribution is -0.133. The number of hydrogen-bond donors (Lipinski definition) is 1.